The van der Waals surface area contributed by atoms with Gasteiger partial charge in [-0.05, 0) is 53.4 Å². The summed E-state index contributed by atoms with van der Waals surface area (Å²) < 4.78 is 24.9. The van der Waals surface area contributed by atoms with Crippen LogP contribution < -0.4 is 4.74 Å². The third-order valence-electron chi connectivity index (χ3n) is 7.43. The van der Waals surface area contributed by atoms with Crippen LogP contribution in [0.4, 0.5) is 4.39 Å². The third kappa shape index (κ3) is 6.28. The first-order valence-corrected chi connectivity index (χ1v) is 13.0. The number of morpholine rings is 1. The van der Waals surface area contributed by atoms with Crippen molar-refractivity contribution in [3.63, 3.8) is 0 Å². The topological polar surface area (TPSA) is 59.1 Å². The summed E-state index contributed by atoms with van der Waals surface area (Å²) in [4.78, 5) is 30.4. The molecule has 2 aliphatic rings. The first-order valence-electron chi connectivity index (χ1n) is 13.0. The van der Waals surface area contributed by atoms with Crippen molar-refractivity contribution in [2.45, 2.75) is 25.7 Å². The van der Waals surface area contributed by atoms with E-state index in [1.807, 2.05) is 28.0 Å². The average molecular weight is 505 g/mol. The minimum absolute atomic E-state index is 0.0555. The van der Waals surface area contributed by atoms with Crippen LogP contribution in [0.15, 0.2) is 66.7 Å². The molecule has 194 valence electrons. The van der Waals surface area contributed by atoms with Crippen LogP contribution in [0.2, 0.25) is 0 Å². The Labute approximate surface area is 217 Å². The van der Waals surface area contributed by atoms with E-state index in [9.17, 15) is 14.0 Å². The minimum Gasteiger partial charge on any atom is -0.493 e. The number of likely N-dealkylation sites (tertiary alicyclic amines) is 1. The van der Waals surface area contributed by atoms with Crippen molar-refractivity contribution in [2.75, 3.05) is 46.0 Å². The molecule has 37 heavy (non-hydrogen) atoms. The Balaban J connectivity index is 1.31. The van der Waals surface area contributed by atoms with Gasteiger partial charge in [0, 0.05) is 38.0 Å². The second-order valence-corrected chi connectivity index (χ2v) is 10.2. The number of benzene rings is 3. The fraction of sp³-hybridized carbons (Fsp3) is 0.400. The predicted molar refractivity (Wildman–Crippen MR) is 140 cm³/mol. The maximum atomic E-state index is 13.4. The van der Waals surface area contributed by atoms with Gasteiger partial charge >= 0.3 is 0 Å². The maximum Gasteiger partial charge on any atom is 0.227 e. The highest BCUT2D eigenvalue weighted by Gasteiger charge is 2.41. The van der Waals surface area contributed by atoms with Gasteiger partial charge in [-0.2, -0.15) is 0 Å². The molecule has 2 saturated heterocycles. The van der Waals surface area contributed by atoms with Crippen molar-refractivity contribution in [1.82, 2.24) is 9.80 Å². The van der Waals surface area contributed by atoms with Gasteiger partial charge in [0.2, 0.25) is 11.8 Å². The zero-order valence-corrected chi connectivity index (χ0v) is 21.0. The fourth-order valence-corrected chi connectivity index (χ4v) is 5.38. The second-order valence-electron chi connectivity index (χ2n) is 10.2. The van der Waals surface area contributed by atoms with Gasteiger partial charge in [0.05, 0.1) is 26.2 Å². The van der Waals surface area contributed by atoms with Crippen molar-refractivity contribution in [3.8, 4) is 5.75 Å². The zero-order valence-electron chi connectivity index (χ0n) is 21.0. The van der Waals surface area contributed by atoms with E-state index in [4.69, 9.17) is 9.47 Å². The van der Waals surface area contributed by atoms with E-state index in [1.165, 1.54) is 12.1 Å². The molecule has 2 fully saturated rings. The lowest BCUT2D eigenvalue weighted by atomic mass is 9.77. The summed E-state index contributed by atoms with van der Waals surface area (Å²) >= 11 is 0. The molecule has 0 N–H and O–H groups in total. The van der Waals surface area contributed by atoms with E-state index >= 15 is 0 Å². The van der Waals surface area contributed by atoms with Gasteiger partial charge < -0.3 is 19.3 Å². The Morgan fingerprint density at radius 2 is 1.65 bits per heavy atom. The number of carbonyl (C=O) groups excluding carboxylic acids is 2. The zero-order chi connectivity index (χ0) is 25.7. The van der Waals surface area contributed by atoms with Gasteiger partial charge in [-0.3, -0.25) is 9.59 Å². The number of nitrogens with zero attached hydrogens (tertiary/aromatic N) is 2. The highest BCUT2D eigenvalue weighted by molar-refractivity contribution is 5.85. The molecule has 6 nitrogen and oxygen atoms in total. The summed E-state index contributed by atoms with van der Waals surface area (Å²) in [5, 5.41) is 2.26. The number of fused-ring (bicyclic) bond motifs is 1. The molecular formula is C30H33FN2O4. The Kier molecular flexibility index (Phi) is 7.70. The largest absolute Gasteiger partial charge is 0.493 e. The lowest BCUT2D eigenvalue weighted by Gasteiger charge is -2.43. The van der Waals surface area contributed by atoms with Gasteiger partial charge in [-0.1, -0.05) is 42.5 Å². The molecular weight excluding hydrogens is 471 g/mol. The molecule has 3 aromatic carbocycles. The maximum absolute atomic E-state index is 13.4. The number of hydrogen-bond acceptors (Lipinski definition) is 4. The van der Waals surface area contributed by atoms with Crippen LogP contribution in [-0.2, 0) is 20.7 Å². The van der Waals surface area contributed by atoms with Crippen molar-refractivity contribution >= 4 is 22.6 Å². The molecule has 0 spiro atoms. The summed E-state index contributed by atoms with van der Waals surface area (Å²) in [5.41, 5.74) is 0.466. The van der Waals surface area contributed by atoms with Crippen molar-refractivity contribution in [3.05, 3.63) is 78.1 Å². The number of amides is 2. The van der Waals surface area contributed by atoms with E-state index in [0.29, 0.717) is 58.0 Å². The fourth-order valence-electron chi connectivity index (χ4n) is 5.38. The number of rotatable bonds is 7. The summed E-state index contributed by atoms with van der Waals surface area (Å²) in [6.45, 7) is 3.65. The van der Waals surface area contributed by atoms with Gasteiger partial charge in [0.15, 0.2) is 0 Å². The van der Waals surface area contributed by atoms with E-state index in [1.54, 1.807) is 12.1 Å². The molecule has 0 saturated carbocycles. The second kappa shape index (κ2) is 11.3. The number of ether oxygens (including phenoxy) is 2. The highest BCUT2D eigenvalue weighted by Crippen LogP contribution is 2.36. The van der Waals surface area contributed by atoms with E-state index in [0.717, 1.165) is 29.2 Å². The van der Waals surface area contributed by atoms with Crippen LogP contribution >= 0.6 is 0 Å². The standard InChI is InChI=1S/C30H33FN2O4/c31-26-8-10-27(11-9-26)37-22-30(20-29(35)32-14-16-36-17-15-32)12-3-13-33(21-30)28(34)19-23-6-7-24-4-1-2-5-25(24)18-23/h1-2,4-11,18H,3,12-17,19-22H2/t30-/m0/s1. The lowest BCUT2D eigenvalue weighted by Crippen LogP contribution is -2.52. The van der Waals surface area contributed by atoms with E-state index < -0.39 is 5.41 Å². The molecule has 0 bridgehead atoms. The highest BCUT2D eigenvalue weighted by atomic mass is 19.1. The number of halogens is 1. The number of carbonyl (C=O) groups is 2. The Bertz CT molecular complexity index is 1240. The SMILES string of the molecule is O=C(C[C@@]1(COc2ccc(F)cc2)CCCN(C(=O)Cc2ccc3ccccc3c2)C1)N1CCOCC1. The Morgan fingerprint density at radius 3 is 2.43 bits per heavy atom. The van der Waals surface area contributed by atoms with E-state index in [2.05, 4.69) is 24.3 Å². The molecule has 3 aromatic rings. The summed E-state index contributed by atoms with van der Waals surface area (Å²) in [5.74, 6) is 0.349. The van der Waals surface area contributed by atoms with Crippen LogP contribution in [0.25, 0.3) is 10.8 Å². The number of piperidine rings is 1. The number of hydrogen-bond donors (Lipinski definition) is 0. The summed E-state index contributed by atoms with van der Waals surface area (Å²) in [6, 6.07) is 20.2. The summed E-state index contributed by atoms with van der Waals surface area (Å²) in [7, 11) is 0. The van der Waals surface area contributed by atoms with Crippen molar-refractivity contribution < 1.29 is 23.5 Å². The van der Waals surface area contributed by atoms with Crippen LogP contribution in [0, 0.1) is 11.2 Å². The molecule has 0 radical (unpaired) electrons. The van der Waals surface area contributed by atoms with Gasteiger partial charge in [-0.25, -0.2) is 4.39 Å². The molecule has 7 heteroatoms. The van der Waals surface area contributed by atoms with Crippen LogP contribution in [0.3, 0.4) is 0 Å². The normalized spacial score (nSPS) is 20.1. The molecule has 2 heterocycles. The van der Waals surface area contributed by atoms with Gasteiger partial charge in [0.25, 0.3) is 0 Å². The molecule has 0 aliphatic carbocycles. The first-order chi connectivity index (χ1) is 18.0. The van der Waals surface area contributed by atoms with E-state index in [-0.39, 0.29) is 24.2 Å². The van der Waals surface area contributed by atoms with Crippen molar-refractivity contribution in [1.29, 1.82) is 0 Å². The van der Waals surface area contributed by atoms with Crippen LogP contribution in [-0.4, -0.2) is 67.6 Å². The average Bonchev–Trinajstić information content (AvgIpc) is 2.93. The third-order valence-corrected chi connectivity index (χ3v) is 7.43. The molecule has 1 atom stereocenters. The monoisotopic (exact) mass is 504 g/mol. The Hall–Kier alpha value is -3.45. The van der Waals surface area contributed by atoms with Crippen molar-refractivity contribution in [2.24, 2.45) is 5.41 Å². The molecule has 0 unspecified atom stereocenters. The predicted octanol–water partition coefficient (Wildman–Crippen LogP) is 4.46. The Morgan fingerprint density at radius 1 is 0.892 bits per heavy atom. The minimum atomic E-state index is -0.513. The molecule has 2 aliphatic heterocycles. The molecule has 5 rings (SSSR count). The lowest BCUT2D eigenvalue weighted by molar-refractivity contribution is -0.143. The van der Waals surface area contributed by atoms with Gasteiger partial charge in [0.1, 0.15) is 11.6 Å². The van der Waals surface area contributed by atoms with Gasteiger partial charge in [-0.15, -0.1) is 0 Å². The van der Waals surface area contributed by atoms with Crippen LogP contribution in [0.5, 0.6) is 5.75 Å². The summed E-state index contributed by atoms with van der Waals surface area (Å²) in [6.07, 6.45) is 2.20. The molecule has 0 aromatic heterocycles. The first kappa shape index (κ1) is 25.2. The smallest absolute Gasteiger partial charge is 0.227 e. The van der Waals surface area contributed by atoms with Crippen LogP contribution in [0.1, 0.15) is 24.8 Å². The molecule has 2 amide bonds. The quantitative estimate of drug-likeness (QED) is 0.477.